The number of anilines is 1. The van der Waals surface area contributed by atoms with Crippen LogP contribution < -0.4 is 5.73 Å². The highest BCUT2D eigenvalue weighted by Crippen LogP contribution is 2.06. The van der Waals surface area contributed by atoms with Crippen molar-refractivity contribution in [2.45, 2.75) is 0 Å². The van der Waals surface area contributed by atoms with Crippen LogP contribution in [0.1, 0.15) is 0 Å². The van der Waals surface area contributed by atoms with Gasteiger partial charge in [0.05, 0.1) is 6.20 Å². The molecule has 2 rings (SSSR count). The van der Waals surface area contributed by atoms with E-state index >= 15 is 0 Å². The number of nitrogens with zero attached hydrogens (tertiary/aromatic N) is 4. The van der Waals surface area contributed by atoms with Gasteiger partial charge >= 0.3 is 0 Å². The quantitative estimate of drug-likeness (QED) is 0.687. The standard InChI is InChI=1S/C7H6FN5/c8-5-3-11-7(12-6(5)9)13-2-1-10-4-13/h1-4H,(H2,9,11,12). The highest BCUT2D eigenvalue weighted by molar-refractivity contribution is 5.31. The van der Waals surface area contributed by atoms with Crippen molar-refractivity contribution in [3.63, 3.8) is 0 Å². The average molecular weight is 179 g/mol. The maximum atomic E-state index is 12.7. The second-order valence-corrected chi connectivity index (χ2v) is 2.37. The fourth-order valence-electron chi connectivity index (χ4n) is 0.872. The van der Waals surface area contributed by atoms with Crippen molar-refractivity contribution in [3.05, 3.63) is 30.7 Å². The number of nitrogens with two attached hydrogens (primary N) is 1. The number of imidazole rings is 1. The van der Waals surface area contributed by atoms with Crippen molar-refractivity contribution >= 4 is 5.82 Å². The van der Waals surface area contributed by atoms with E-state index in [0.29, 0.717) is 5.95 Å². The van der Waals surface area contributed by atoms with Crippen LogP contribution in [0.15, 0.2) is 24.9 Å². The van der Waals surface area contributed by atoms with Crippen LogP contribution in [-0.2, 0) is 0 Å². The molecule has 6 heteroatoms. The third-order valence-corrected chi connectivity index (χ3v) is 1.49. The number of hydrogen-bond donors (Lipinski definition) is 1. The molecule has 2 N–H and O–H groups in total. The van der Waals surface area contributed by atoms with Gasteiger partial charge in [-0.15, -0.1) is 0 Å². The Bertz CT molecular complexity index is 411. The molecule has 2 aromatic heterocycles. The molecule has 0 bridgehead atoms. The summed E-state index contributed by atoms with van der Waals surface area (Å²) in [6.45, 7) is 0. The van der Waals surface area contributed by atoms with Crippen LogP contribution in [0.4, 0.5) is 10.2 Å². The topological polar surface area (TPSA) is 69.6 Å². The molecule has 2 aromatic rings. The van der Waals surface area contributed by atoms with Gasteiger partial charge < -0.3 is 5.73 Å². The molecule has 0 spiro atoms. The highest BCUT2D eigenvalue weighted by atomic mass is 19.1. The van der Waals surface area contributed by atoms with Gasteiger partial charge in [0.15, 0.2) is 11.6 Å². The molecule has 0 aromatic carbocycles. The smallest absolute Gasteiger partial charge is 0.237 e. The van der Waals surface area contributed by atoms with E-state index in [1.165, 1.54) is 10.9 Å². The van der Waals surface area contributed by atoms with E-state index in [2.05, 4.69) is 15.0 Å². The maximum absolute atomic E-state index is 12.7. The number of nitrogen functional groups attached to an aromatic ring is 1. The lowest BCUT2D eigenvalue weighted by molar-refractivity contribution is 0.617. The van der Waals surface area contributed by atoms with Crippen molar-refractivity contribution < 1.29 is 4.39 Å². The average Bonchev–Trinajstić information content (AvgIpc) is 2.62. The molecule has 0 fully saturated rings. The molecule has 5 nitrogen and oxygen atoms in total. The van der Waals surface area contributed by atoms with Crippen molar-refractivity contribution in [3.8, 4) is 5.95 Å². The minimum atomic E-state index is -0.621. The van der Waals surface area contributed by atoms with Crippen molar-refractivity contribution in [2.75, 3.05) is 5.73 Å². The first-order valence-electron chi connectivity index (χ1n) is 3.54. The van der Waals surface area contributed by atoms with E-state index in [-0.39, 0.29) is 5.82 Å². The largest absolute Gasteiger partial charge is 0.381 e. The van der Waals surface area contributed by atoms with Crippen molar-refractivity contribution in [1.82, 2.24) is 19.5 Å². The minimum absolute atomic E-state index is 0.168. The van der Waals surface area contributed by atoms with Gasteiger partial charge in [0, 0.05) is 12.4 Å². The molecule has 0 aliphatic heterocycles. The lowest BCUT2D eigenvalue weighted by Crippen LogP contribution is -2.03. The van der Waals surface area contributed by atoms with Gasteiger partial charge in [0.1, 0.15) is 6.33 Å². The van der Waals surface area contributed by atoms with Crippen LogP contribution in [0.2, 0.25) is 0 Å². The summed E-state index contributed by atoms with van der Waals surface area (Å²) in [5.41, 5.74) is 5.27. The van der Waals surface area contributed by atoms with Crippen LogP contribution in [0.5, 0.6) is 0 Å². The van der Waals surface area contributed by atoms with E-state index in [1.807, 2.05) is 0 Å². The number of rotatable bonds is 1. The zero-order valence-electron chi connectivity index (χ0n) is 6.55. The van der Waals surface area contributed by atoms with E-state index in [0.717, 1.165) is 6.20 Å². The predicted octanol–water partition coefficient (Wildman–Crippen LogP) is 0.384. The van der Waals surface area contributed by atoms with Crippen LogP contribution in [0, 0.1) is 5.82 Å². The van der Waals surface area contributed by atoms with Crippen molar-refractivity contribution in [2.24, 2.45) is 0 Å². The summed E-state index contributed by atoms with van der Waals surface area (Å²) in [6.07, 6.45) is 5.75. The molecule has 2 heterocycles. The number of hydrogen-bond acceptors (Lipinski definition) is 4. The first kappa shape index (κ1) is 7.66. The van der Waals surface area contributed by atoms with Gasteiger partial charge in [0.2, 0.25) is 5.95 Å². The summed E-state index contributed by atoms with van der Waals surface area (Å²) < 4.78 is 14.2. The van der Waals surface area contributed by atoms with Crippen LogP contribution in [0.25, 0.3) is 5.95 Å². The second kappa shape index (κ2) is 2.81. The molecule has 0 aliphatic rings. The summed E-state index contributed by atoms with van der Waals surface area (Å²) in [6, 6.07) is 0. The van der Waals surface area contributed by atoms with Gasteiger partial charge in [-0.2, -0.15) is 4.98 Å². The third kappa shape index (κ3) is 1.33. The molecule has 0 radical (unpaired) electrons. The molecular formula is C7H6FN5. The fourth-order valence-corrected chi connectivity index (χ4v) is 0.872. The van der Waals surface area contributed by atoms with E-state index in [9.17, 15) is 4.39 Å². The molecule has 0 saturated carbocycles. The molecule has 0 unspecified atom stereocenters. The zero-order chi connectivity index (χ0) is 9.26. The lowest BCUT2D eigenvalue weighted by Gasteiger charge is -2.00. The molecule has 66 valence electrons. The normalized spacial score (nSPS) is 10.2. The molecule has 0 saturated heterocycles. The van der Waals surface area contributed by atoms with Gasteiger partial charge in [-0.25, -0.2) is 14.4 Å². The Morgan fingerprint density at radius 1 is 1.46 bits per heavy atom. The molecule has 0 atom stereocenters. The zero-order valence-corrected chi connectivity index (χ0v) is 6.55. The lowest BCUT2D eigenvalue weighted by atomic mass is 10.5. The first-order valence-corrected chi connectivity index (χ1v) is 3.54. The van der Waals surface area contributed by atoms with Crippen LogP contribution in [-0.4, -0.2) is 19.5 Å². The molecule has 13 heavy (non-hydrogen) atoms. The fraction of sp³-hybridized carbons (Fsp3) is 0. The van der Waals surface area contributed by atoms with Crippen molar-refractivity contribution in [1.29, 1.82) is 0 Å². The van der Waals surface area contributed by atoms with Crippen LogP contribution >= 0.6 is 0 Å². The van der Waals surface area contributed by atoms with Gasteiger partial charge in [-0.1, -0.05) is 0 Å². The number of aromatic nitrogens is 4. The highest BCUT2D eigenvalue weighted by Gasteiger charge is 2.03. The summed E-state index contributed by atoms with van der Waals surface area (Å²) in [5, 5.41) is 0. The first-order chi connectivity index (χ1) is 6.27. The Morgan fingerprint density at radius 2 is 2.31 bits per heavy atom. The monoisotopic (exact) mass is 179 g/mol. The SMILES string of the molecule is Nc1nc(-n2ccnc2)ncc1F. The van der Waals surface area contributed by atoms with E-state index < -0.39 is 5.82 Å². The summed E-state index contributed by atoms with van der Waals surface area (Å²) in [5.74, 6) is -0.487. The third-order valence-electron chi connectivity index (χ3n) is 1.49. The van der Waals surface area contributed by atoms with Gasteiger partial charge in [-0.3, -0.25) is 4.57 Å². The maximum Gasteiger partial charge on any atom is 0.237 e. The molecule has 0 amide bonds. The minimum Gasteiger partial charge on any atom is -0.381 e. The second-order valence-electron chi connectivity index (χ2n) is 2.37. The summed E-state index contributed by atoms with van der Waals surface area (Å²) in [4.78, 5) is 11.3. The summed E-state index contributed by atoms with van der Waals surface area (Å²) in [7, 11) is 0. The summed E-state index contributed by atoms with van der Waals surface area (Å²) >= 11 is 0. The Hall–Kier alpha value is -1.98. The predicted molar refractivity (Wildman–Crippen MR) is 43.5 cm³/mol. The Balaban J connectivity index is 2.49. The Labute approximate surface area is 73.1 Å². The van der Waals surface area contributed by atoms with E-state index in [1.54, 1.807) is 12.4 Å². The number of halogens is 1. The molecular weight excluding hydrogens is 173 g/mol. The van der Waals surface area contributed by atoms with Gasteiger partial charge in [-0.05, 0) is 0 Å². The molecule has 0 aliphatic carbocycles. The Kier molecular flexibility index (Phi) is 1.66. The van der Waals surface area contributed by atoms with Gasteiger partial charge in [0.25, 0.3) is 0 Å². The van der Waals surface area contributed by atoms with E-state index in [4.69, 9.17) is 5.73 Å². The Morgan fingerprint density at radius 3 is 2.92 bits per heavy atom. The van der Waals surface area contributed by atoms with Crippen LogP contribution in [0.3, 0.4) is 0 Å².